The fourth-order valence-corrected chi connectivity index (χ4v) is 4.60. The van der Waals surface area contributed by atoms with E-state index in [9.17, 15) is 0 Å². The molecule has 136 valence electrons. The number of allylic oxidation sites excluding steroid dienone is 4. The second-order valence-electron chi connectivity index (χ2n) is 6.85. The highest BCUT2D eigenvalue weighted by atomic mass is 14.5. The van der Waals surface area contributed by atoms with Crippen molar-refractivity contribution < 1.29 is 0 Å². The molecule has 0 unspecified atom stereocenters. The summed E-state index contributed by atoms with van der Waals surface area (Å²) in [6.07, 6.45) is 9.35. The lowest BCUT2D eigenvalue weighted by molar-refractivity contribution is 0.751. The molecule has 0 N–H and O–H groups in total. The van der Waals surface area contributed by atoms with Crippen LogP contribution >= 0.6 is 0 Å². The zero-order valence-electron chi connectivity index (χ0n) is 14.2. The molecule has 3 aromatic carbocycles. The molecule has 0 fully saturated rings. The van der Waals surface area contributed by atoms with E-state index in [2.05, 4.69) is 97.1 Å². The molecule has 2 aliphatic rings. The van der Waals surface area contributed by atoms with Crippen molar-refractivity contribution >= 4 is 0 Å². The maximum absolute atomic E-state index is 2.44. The van der Waals surface area contributed by atoms with Crippen LogP contribution in [0.4, 0.5) is 0 Å². The van der Waals surface area contributed by atoms with Crippen molar-refractivity contribution in [2.75, 3.05) is 0 Å². The van der Waals surface area contributed by atoms with E-state index in [0.717, 1.165) is 12.8 Å². The first-order valence-electron chi connectivity index (χ1n) is 9.04. The van der Waals surface area contributed by atoms with Gasteiger partial charge in [-0.3, -0.25) is 0 Å². The Kier molecular flexibility index (Phi) is 5.19. The zero-order chi connectivity index (χ0) is 16.7. The molecule has 0 spiro atoms. The molecule has 0 aliphatic heterocycles. The van der Waals surface area contributed by atoms with Crippen molar-refractivity contribution in [1.82, 2.24) is 0 Å². The van der Waals surface area contributed by atoms with Gasteiger partial charge in [0.2, 0.25) is 0 Å². The largest absolute Gasteiger partial charge is 0.0839 e. The smallest absolute Gasteiger partial charge is 0.0710 e. The fraction of sp³-hybridized carbons (Fsp3) is 0.185. The van der Waals surface area contributed by atoms with Crippen molar-refractivity contribution in [2.24, 2.45) is 0 Å². The standard InChI is InChI=1S/C25H20.2CH4/c1-3-11-19(12-4-1)25(20-13-5-2-6-14-20)23-17-9-7-15-21(23)22-16-8-10-18-24(22)25;;/h1,3-5,7-18H,2,6H2;2*1H4. The summed E-state index contributed by atoms with van der Waals surface area (Å²) < 4.78 is 0. The Morgan fingerprint density at radius 3 is 1.70 bits per heavy atom. The maximum Gasteiger partial charge on any atom is 0.0710 e. The molecule has 27 heavy (non-hydrogen) atoms. The summed E-state index contributed by atoms with van der Waals surface area (Å²) in [5.74, 6) is 0. The van der Waals surface area contributed by atoms with Crippen LogP contribution in [-0.4, -0.2) is 0 Å². The number of rotatable bonds is 2. The first kappa shape index (κ1) is 18.9. The molecule has 5 rings (SSSR count). The maximum atomic E-state index is 2.44. The van der Waals surface area contributed by atoms with Gasteiger partial charge in [0.1, 0.15) is 0 Å². The van der Waals surface area contributed by atoms with Crippen molar-refractivity contribution in [1.29, 1.82) is 0 Å². The van der Waals surface area contributed by atoms with Crippen molar-refractivity contribution in [2.45, 2.75) is 33.1 Å². The van der Waals surface area contributed by atoms with Gasteiger partial charge < -0.3 is 0 Å². The average molecular weight is 353 g/mol. The second kappa shape index (κ2) is 7.40. The lowest BCUT2D eigenvalue weighted by atomic mass is 9.66. The van der Waals surface area contributed by atoms with E-state index in [0.29, 0.717) is 0 Å². The van der Waals surface area contributed by atoms with E-state index in [-0.39, 0.29) is 20.3 Å². The van der Waals surface area contributed by atoms with Crippen LogP contribution in [0.5, 0.6) is 0 Å². The molecule has 0 amide bonds. The molecular formula is C27H28. The Bertz CT molecular complexity index is 944. The summed E-state index contributed by atoms with van der Waals surface area (Å²) in [6, 6.07) is 28.8. The summed E-state index contributed by atoms with van der Waals surface area (Å²) in [7, 11) is 0. The summed E-state index contributed by atoms with van der Waals surface area (Å²) in [5.41, 5.74) is 8.09. The molecule has 0 heterocycles. The second-order valence-corrected chi connectivity index (χ2v) is 6.85. The van der Waals surface area contributed by atoms with Gasteiger partial charge in [-0.05, 0) is 46.2 Å². The van der Waals surface area contributed by atoms with E-state index >= 15 is 0 Å². The molecule has 0 radical (unpaired) electrons. The van der Waals surface area contributed by atoms with Gasteiger partial charge >= 0.3 is 0 Å². The van der Waals surface area contributed by atoms with E-state index in [4.69, 9.17) is 0 Å². The SMILES string of the molecule is C.C.C1=CC(C2(c3ccccc3)c3ccccc3-c3ccccc32)=CCC1. The van der Waals surface area contributed by atoms with E-state index in [1.165, 1.54) is 33.4 Å². The predicted octanol–water partition coefficient (Wildman–Crippen LogP) is 7.55. The molecule has 0 saturated heterocycles. The topological polar surface area (TPSA) is 0 Å². The van der Waals surface area contributed by atoms with Gasteiger partial charge in [-0.15, -0.1) is 0 Å². The van der Waals surface area contributed by atoms with Crippen LogP contribution in [0, 0.1) is 0 Å². The normalized spacial score (nSPS) is 15.6. The molecule has 3 aromatic rings. The van der Waals surface area contributed by atoms with E-state index in [1.54, 1.807) is 0 Å². The van der Waals surface area contributed by atoms with Gasteiger partial charge in [0, 0.05) is 0 Å². The van der Waals surface area contributed by atoms with E-state index < -0.39 is 0 Å². The number of benzene rings is 3. The molecule has 0 atom stereocenters. The monoisotopic (exact) mass is 352 g/mol. The fourth-order valence-electron chi connectivity index (χ4n) is 4.60. The van der Waals surface area contributed by atoms with Crippen molar-refractivity contribution in [3.8, 4) is 11.1 Å². The van der Waals surface area contributed by atoms with Crippen LogP contribution in [0.15, 0.2) is 103 Å². The van der Waals surface area contributed by atoms with Gasteiger partial charge in [-0.1, -0.05) is 112 Å². The van der Waals surface area contributed by atoms with Crippen LogP contribution in [0.2, 0.25) is 0 Å². The van der Waals surface area contributed by atoms with Crippen molar-refractivity contribution in [3.63, 3.8) is 0 Å². The molecule has 2 aliphatic carbocycles. The Morgan fingerprint density at radius 2 is 1.15 bits per heavy atom. The van der Waals surface area contributed by atoms with Gasteiger partial charge in [0.25, 0.3) is 0 Å². The zero-order valence-corrected chi connectivity index (χ0v) is 14.2. The molecule has 0 nitrogen and oxygen atoms in total. The lowest BCUT2D eigenvalue weighted by Crippen LogP contribution is -2.29. The summed E-state index contributed by atoms with van der Waals surface area (Å²) >= 11 is 0. The summed E-state index contributed by atoms with van der Waals surface area (Å²) in [4.78, 5) is 0. The third-order valence-electron chi connectivity index (χ3n) is 5.59. The summed E-state index contributed by atoms with van der Waals surface area (Å²) in [5, 5.41) is 0. The third kappa shape index (κ3) is 2.59. The minimum atomic E-state index is -0.203. The van der Waals surface area contributed by atoms with Gasteiger partial charge in [-0.2, -0.15) is 0 Å². The highest BCUT2D eigenvalue weighted by Gasteiger charge is 2.46. The van der Waals surface area contributed by atoms with E-state index in [1.807, 2.05) is 0 Å². The Hall–Kier alpha value is -2.86. The lowest BCUT2D eigenvalue weighted by Gasteiger charge is -2.35. The summed E-state index contributed by atoms with van der Waals surface area (Å²) in [6.45, 7) is 0. The number of fused-ring (bicyclic) bond motifs is 3. The molecular weight excluding hydrogens is 324 g/mol. The first-order chi connectivity index (χ1) is 12.4. The van der Waals surface area contributed by atoms with Crippen LogP contribution < -0.4 is 0 Å². The minimum absolute atomic E-state index is 0. The minimum Gasteiger partial charge on any atom is -0.0839 e. The molecule has 0 aromatic heterocycles. The molecule has 0 saturated carbocycles. The van der Waals surface area contributed by atoms with Crippen LogP contribution in [0.25, 0.3) is 11.1 Å². The quantitative estimate of drug-likeness (QED) is 0.446. The number of hydrogen-bond donors (Lipinski definition) is 0. The van der Waals surface area contributed by atoms with Gasteiger partial charge in [0.15, 0.2) is 0 Å². The predicted molar refractivity (Wildman–Crippen MR) is 118 cm³/mol. The Morgan fingerprint density at radius 1 is 0.593 bits per heavy atom. The van der Waals surface area contributed by atoms with Crippen LogP contribution in [0.1, 0.15) is 44.4 Å². The van der Waals surface area contributed by atoms with Crippen LogP contribution in [0.3, 0.4) is 0 Å². The highest BCUT2D eigenvalue weighted by molar-refractivity contribution is 5.86. The van der Waals surface area contributed by atoms with Gasteiger partial charge in [-0.25, -0.2) is 0 Å². The van der Waals surface area contributed by atoms with Crippen LogP contribution in [-0.2, 0) is 5.41 Å². The Balaban J connectivity index is 0.00000105. The number of hydrogen-bond acceptors (Lipinski definition) is 0. The third-order valence-corrected chi connectivity index (χ3v) is 5.59. The first-order valence-corrected chi connectivity index (χ1v) is 9.04. The molecule has 0 bridgehead atoms. The van der Waals surface area contributed by atoms with Gasteiger partial charge in [0.05, 0.1) is 5.41 Å². The molecule has 0 heteroatoms. The average Bonchev–Trinajstić information content (AvgIpc) is 3.01. The highest BCUT2D eigenvalue weighted by Crippen LogP contribution is 2.56. The Labute approximate surface area is 163 Å². The van der Waals surface area contributed by atoms with Crippen molar-refractivity contribution in [3.05, 3.63) is 119 Å².